The fourth-order valence-corrected chi connectivity index (χ4v) is 2.22. The number of ether oxygens (including phenoxy) is 2. The summed E-state index contributed by atoms with van der Waals surface area (Å²) in [6.45, 7) is 5.28. The largest absolute Gasteiger partial charge is 0.379 e. The van der Waals surface area contributed by atoms with Crippen molar-refractivity contribution in [3.8, 4) is 0 Å². The van der Waals surface area contributed by atoms with Gasteiger partial charge in [0, 0.05) is 12.7 Å². The fourth-order valence-electron chi connectivity index (χ4n) is 2.22. The first-order valence-electron chi connectivity index (χ1n) is 7.43. The van der Waals surface area contributed by atoms with Gasteiger partial charge in [0.05, 0.1) is 19.3 Å². The molecule has 8 nitrogen and oxygen atoms in total. The number of rotatable bonds is 5. The molecule has 1 aliphatic rings. The van der Waals surface area contributed by atoms with Crippen LogP contribution in [0.2, 0.25) is 0 Å². The summed E-state index contributed by atoms with van der Waals surface area (Å²) in [5, 5.41) is 2.79. The minimum absolute atomic E-state index is 0.0757. The summed E-state index contributed by atoms with van der Waals surface area (Å²) in [4.78, 5) is 39.0. The molecule has 0 spiro atoms. The normalized spacial score (nSPS) is 20.8. The van der Waals surface area contributed by atoms with Gasteiger partial charge in [-0.3, -0.25) is 14.6 Å². The molecule has 0 radical (unpaired) electrons. The van der Waals surface area contributed by atoms with Crippen molar-refractivity contribution in [3.63, 3.8) is 0 Å². The summed E-state index contributed by atoms with van der Waals surface area (Å²) >= 11 is 0. The molecule has 2 heterocycles. The SMILES string of the molecule is CC(C)=CCO[C@@H]1COCC[C@H]1NC(=O)c1cc(=O)[nH]c(=O)[nH]1. The van der Waals surface area contributed by atoms with Crippen LogP contribution in [0.5, 0.6) is 0 Å². The van der Waals surface area contributed by atoms with Gasteiger partial charge in [0.15, 0.2) is 0 Å². The van der Waals surface area contributed by atoms with Crippen molar-refractivity contribution < 1.29 is 14.3 Å². The quantitative estimate of drug-likeness (QED) is 0.657. The molecule has 1 aromatic rings. The number of hydrogen-bond acceptors (Lipinski definition) is 5. The van der Waals surface area contributed by atoms with E-state index in [9.17, 15) is 14.4 Å². The standard InChI is InChI=1S/C15H21N3O5/c1-9(2)3-6-23-12-8-22-5-4-10(12)16-14(20)11-7-13(19)18-15(21)17-11/h3,7,10,12H,4-6,8H2,1-2H3,(H,16,20)(H2,17,18,19,21)/t10-,12-/m1/s1. The Morgan fingerprint density at radius 3 is 2.91 bits per heavy atom. The van der Waals surface area contributed by atoms with Gasteiger partial charge in [-0.1, -0.05) is 11.6 Å². The molecule has 0 bridgehead atoms. The summed E-state index contributed by atoms with van der Waals surface area (Å²) in [5.74, 6) is -0.518. The van der Waals surface area contributed by atoms with Crippen LogP contribution in [0, 0.1) is 0 Å². The molecule has 2 rings (SSSR count). The molecule has 8 heteroatoms. The Hall–Kier alpha value is -2.19. The maximum absolute atomic E-state index is 12.2. The fraction of sp³-hybridized carbons (Fsp3) is 0.533. The van der Waals surface area contributed by atoms with Crippen molar-refractivity contribution in [3.05, 3.63) is 44.2 Å². The molecule has 0 aromatic carbocycles. The minimum Gasteiger partial charge on any atom is -0.379 e. The Bertz CT molecular complexity index is 659. The van der Waals surface area contributed by atoms with Crippen molar-refractivity contribution >= 4 is 5.91 Å². The molecular formula is C15H21N3O5. The van der Waals surface area contributed by atoms with Gasteiger partial charge >= 0.3 is 5.69 Å². The van der Waals surface area contributed by atoms with Crippen LogP contribution in [0.4, 0.5) is 0 Å². The van der Waals surface area contributed by atoms with Crippen molar-refractivity contribution in [2.75, 3.05) is 19.8 Å². The highest BCUT2D eigenvalue weighted by molar-refractivity contribution is 5.92. The Morgan fingerprint density at radius 2 is 2.22 bits per heavy atom. The zero-order valence-electron chi connectivity index (χ0n) is 13.2. The number of carbonyl (C=O) groups excluding carboxylic acids is 1. The molecule has 1 amide bonds. The van der Waals surface area contributed by atoms with E-state index in [1.807, 2.05) is 24.9 Å². The molecule has 23 heavy (non-hydrogen) atoms. The highest BCUT2D eigenvalue weighted by Gasteiger charge is 2.28. The number of carbonyl (C=O) groups is 1. The second-order valence-electron chi connectivity index (χ2n) is 5.60. The molecule has 126 valence electrons. The lowest BCUT2D eigenvalue weighted by molar-refractivity contribution is -0.0589. The van der Waals surface area contributed by atoms with E-state index in [0.717, 1.165) is 11.6 Å². The average molecular weight is 323 g/mol. The molecular weight excluding hydrogens is 302 g/mol. The van der Waals surface area contributed by atoms with E-state index in [1.165, 1.54) is 0 Å². The van der Waals surface area contributed by atoms with Gasteiger partial charge in [0.1, 0.15) is 11.8 Å². The van der Waals surface area contributed by atoms with Gasteiger partial charge < -0.3 is 19.8 Å². The second kappa shape index (κ2) is 7.89. The van der Waals surface area contributed by atoms with Crippen molar-refractivity contribution in [2.24, 2.45) is 0 Å². The van der Waals surface area contributed by atoms with Gasteiger partial charge in [-0.2, -0.15) is 0 Å². The average Bonchev–Trinajstić information content (AvgIpc) is 2.47. The molecule has 1 saturated heterocycles. The van der Waals surface area contributed by atoms with Crippen LogP contribution in [0.1, 0.15) is 30.8 Å². The molecule has 1 fully saturated rings. The first-order chi connectivity index (χ1) is 11.0. The van der Waals surface area contributed by atoms with Crippen molar-refractivity contribution in [1.29, 1.82) is 0 Å². The smallest absolute Gasteiger partial charge is 0.326 e. The summed E-state index contributed by atoms with van der Waals surface area (Å²) in [7, 11) is 0. The number of nitrogens with one attached hydrogen (secondary N) is 3. The van der Waals surface area contributed by atoms with Gasteiger partial charge in [-0.15, -0.1) is 0 Å². The number of aromatic amines is 2. The van der Waals surface area contributed by atoms with Crippen LogP contribution >= 0.6 is 0 Å². The zero-order chi connectivity index (χ0) is 16.8. The number of H-pyrrole nitrogens is 2. The molecule has 3 N–H and O–H groups in total. The van der Waals surface area contributed by atoms with E-state index in [2.05, 4.69) is 10.3 Å². The number of aromatic nitrogens is 2. The lowest BCUT2D eigenvalue weighted by atomic mass is 10.1. The summed E-state index contributed by atoms with van der Waals surface area (Å²) in [6, 6.07) is 0.805. The summed E-state index contributed by atoms with van der Waals surface area (Å²) in [6.07, 6.45) is 2.26. The highest BCUT2D eigenvalue weighted by atomic mass is 16.5. The predicted octanol–water partition coefficient (Wildman–Crippen LogP) is -0.0667. The number of allylic oxidation sites excluding steroid dienone is 1. The third-order valence-corrected chi connectivity index (χ3v) is 3.43. The third kappa shape index (κ3) is 5.19. The zero-order valence-corrected chi connectivity index (χ0v) is 13.2. The summed E-state index contributed by atoms with van der Waals surface area (Å²) in [5.41, 5.74) is -0.273. The maximum atomic E-state index is 12.2. The van der Waals surface area contributed by atoms with Crippen LogP contribution in [0.25, 0.3) is 0 Å². The van der Waals surface area contributed by atoms with E-state index in [4.69, 9.17) is 9.47 Å². The van der Waals surface area contributed by atoms with Crippen molar-refractivity contribution in [1.82, 2.24) is 15.3 Å². The van der Waals surface area contributed by atoms with Crippen LogP contribution in [0.3, 0.4) is 0 Å². The first kappa shape index (κ1) is 17.2. The van der Waals surface area contributed by atoms with E-state index in [0.29, 0.717) is 26.2 Å². The van der Waals surface area contributed by atoms with Gasteiger partial charge in [-0.25, -0.2) is 4.79 Å². The van der Waals surface area contributed by atoms with E-state index in [1.54, 1.807) is 0 Å². The van der Waals surface area contributed by atoms with Gasteiger partial charge in [0.25, 0.3) is 11.5 Å². The lowest BCUT2D eigenvalue weighted by Crippen LogP contribution is -2.50. The van der Waals surface area contributed by atoms with E-state index in [-0.39, 0.29) is 17.8 Å². The first-order valence-corrected chi connectivity index (χ1v) is 7.43. The van der Waals surface area contributed by atoms with E-state index < -0.39 is 17.2 Å². The van der Waals surface area contributed by atoms with Gasteiger partial charge in [-0.05, 0) is 20.3 Å². The Labute approximate surface area is 132 Å². The van der Waals surface area contributed by atoms with Crippen LogP contribution in [0.15, 0.2) is 27.3 Å². The van der Waals surface area contributed by atoms with Crippen molar-refractivity contribution in [2.45, 2.75) is 32.4 Å². The van der Waals surface area contributed by atoms with E-state index >= 15 is 0 Å². The molecule has 1 aliphatic heterocycles. The molecule has 0 saturated carbocycles. The topological polar surface area (TPSA) is 113 Å². The minimum atomic E-state index is -0.717. The highest BCUT2D eigenvalue weighted by Crippen LogP contribution is 2.12. The van der Waals surface area contributed by atoms with Crippen LogP contribution < -0.4 is 16.6 Å². The predicted molar refractivity (Wildman–Crippen MR) is 83.5 cm³/mol. The molecule has 0 aliphatic carbocycles. The Morgan fingerprint density at radius 1 is 1.43 bits per heavy atom. The Balaban J connectivity index is 2.03. The third-order valence-electron chi connectivity index (χ3n) is 3.43. The summed E-state index contributed by atoms with van der Waals surface area (Å²) < 4.78 is 11.1. The maximum Gasteiger partial charge on any atom is 0.326 e. The second-order valence-corrected chi connectivity index (χ2v) is 5.60. The molecule has 1 aromatic heterocycles. The Kier molecular flexibility index (Phi) is 5.89. The van der Waals surface area contributed by atoms with Gasteiger partial charge in [0.2, 0.25) is 0 Å². The monoisotopic (exact) mass is 323 g/mol. The number of hydrogen-bond donors (Lipinski definition) is 3. The van der Waals surface area contributed by atoms with Crippen LogP contribution in [-0.2, 0) is 9.47 Å². The molecule has 0 unspecified atom stereocenters. The lowest BCUT2D eigenvalue weighted by Gasteiger charge is -2.31. The van der Waals surface area contributed by atoms with Crippen LogP contribution in [-0.4, -0.2) is 47.8 Å². The molecule has 2 atom stereocenters. The number of amides is 1.